The molecule has 0 atom stereocenters. The third kappa shape index (κ3) is 3.78. The smallest absolute Gasteiger partial charge is 0.138 e. The van der Waals surface area contributed by atoms with Gasteiger partial charge in [-0.1, -0.05) is 91.0 Å². The van der Waals surface area contributed by atoms with Gasteiger partial charge in [-0.15, -0.1) is 0 Å². The van der Waals surface area contributed by atoms with Crippen molar-refractivity contribution in [2.75, 3.05) is 0 Å². The summed E-state index contributed by atoms with van der Waals surface area (Å²) in [7, 11) is 0. The van der Waals surface area contributed by atoms with Crippen LogP contribution in [0, 0.1) is 5.41 Å². The fourth-order valence-corrected chi connectivity index (χ4v) is 6.86. The molecule has 0 aliphatic heterocycles. The Kier molecular flexibility index (Phi) is 5.44. The van der Waals surface area contributed by atoms with Crippen LogP contribution in [0.2, 0.25) is 0 Å². The average Bonchev–Trinajstić information content (AvgIpc) is 3.61. The van der Waals surface area contributed by atoms with E-state index in [-0.39, 0.29) is 0 Å². The van der Waals surface area contributed by atoms with Crippen LogP contribution in [0.15, 0.2) is 131 Å². The molecule has 0 amide bonds. The number of fused-ring (bicyclic) bond motifs is 10. The van der Waals surface area contributed by atoms with Crippen LogP contribution in [-0.4, -0.2) is 16.0 Å². The van der Waals surface area contributed by atoms with Gasteiger partial charge in [-0.05, 0) is 77.4 Å². The predicted octanol–water partition coefficient (Wildman–Crippen LogP) is 10.3. The molecular weight excluding hydrogens is 538 g/mol. The summed E-state index contributed by atoms with van der Waals surface area (Å²) >= 11 is 0. The van der Waals surface area contributed by atoms with E-state index in [1.54, 1.807) is 6.08 Å². The van der Waals surface area contributed by atoms with E-state index in [1.165, 1.54) is 11.1 Å². The molecule has 208 valence electrons. The topological polar surface area (TPSA) is 54.3 Å². The summed E-state index contributed by atoms with van der Waals surface area (Å²) in [6, 6.07) is 32.2. The third-order valence-corrected chi connectivity index (χ3v) is 8.88. The zero-order chi connectivity index (χ0) is 29.2. The summed E-state index contributed by atoms with van der Waals surface area (Å²) in [5.74, 6) is 0.770. The predicted molar refractivity (Wildman–Crippen MR) is 186 cm³/mol. The van der Waals surface area contributed by atoms with Crippen LogP contribution in [0.5, 0.6) is 0 Å². The molecule has 2 aliphatic carbocycles. The quantitative estimate of drug-likeness (QED) is 0.213. The minimum absolute atomic E-state index is 0.395. The Morgan fingerprint density at radius 2 is 1.55 bits per heavy atom. The van der Waals surface area contributed by atoms with E-state index in [0.29, 0.717) is 11.4 Å². The second-order valence-electron chi connectivity index (χ2n) is 11.5. The van der Waals surface area contributed by atoms with Crippen LogP contribution in [-0.2, 0) is 6.42 Å². The van der Waals surface area contributed by atoms with Gasteiger partial charge in [-0.3, -0.25) is 9.98 Å². The van der Waals surface area contributed by atoms with Crippen molar-refractivity contribution in [2.45, 2.75) is 12.8 Å². The van der Waals surface area contributed by atoms with Crippen LogP contribution in [0.25, 0.3) is 72.5 Å². The summed E-state index contributed by atoms with van der Waals surface area (Å²) in [5, 5.41) is 15.5. The number of aryl methyl sites for hydroxylation is 1. The van der Waals surface area contributed by atoms with Crippen molar-refractivity contribution >= 4 is 83.9 Å². The van der Waals surface area contributed by atoms with Gasteiger partial charge in [0.2, 0.25) is 0 Å². The highest BCUT2D eigenvalue weighted by atomic mass is 16.3. The standard InChI is InChI=1S/C40H27N3O/c41-33-13-5-6-14-34(33)42-38(24-25-17-18-26-9-1-2-10-27(26)23-25)43-35-15-7-3-11-28(35)30-20-19-29-31(40(30)43)21-22-37-39(29)32-12-4-8-16-36(32)44-37/h1,3-9,11-24,41H,2,10H2/b38-24-,41-33?,42-34?. The zero-order valence-corrected chi connectivity index (χ0v) is 23.9. The van der Waals surface area contributed by atoms with Crippen molar-refractivity contribution in [3.63, 3.8) is 0 Å². The van der Waals surface area contributed by atoms with Crippen molar-refractivity contribution in [2.24, 2.45) is 4.99 Å². The van der Waals surface area contributed by atoms with Gasteiger partial charge < -0.3 is 4.42 Å². The third-order valence-electron chi connectivity index (χ3n) is 8.88. The molecule has 4 nitrogen and oxygen atoms in total. The zero-order valence-electron chi connectivity index (χ0n) is 23.9. The molecule has 4 heteroatoms. The Hall–Kier alpha value is -5.74. The number of aromatic nitrogens is 1. The van der Waals surface area contributed by atoms with Crippen molar-refractivity contribution in [3.05, 3.63) is 138 Å². The number of para-hydroxylation sites is 2. The normalized spacial score (nSPS) is 16.0. The minimum Gasteiger partial charge on any atom is -0.456 e. The van der Waals surface area contributed by atoms with Gasteiger partial charge in [0.25, 0.3) is 0 Å². The highest BCUT2D eigenvalue weighted by molar-refractivity contribution is 6.50. The Balaban J connectivity index is 1.40. The lowest BCUT2D eigenvalue weighted by Crippen LogP contribution is -2.11. The summed E-state index contributed by atoms with van der Waals surface area (Å²) in [6.45, 7) is 0. The van der Waals surface area contributed by atoms with Gasteiger partial charge in [0.15, 0.2) is 0 Å². The minimum atomic E-state index is 0.395. The first kappa shape index (κ1) is 24.8. The molecule has 2 aliphatic rings. The first-order valence-corrected chi connectivity index (χ1v) is 15.0. The second kappa shape index (κ2) is 9.65. The maximum Gasteiger partial charge on any atom is 0.138 e. The molecule has 0 unspecified atom stereocenters. The molecule has 0 saturated carbocycles. The molecule has 1 N–H and O–H groups in total. The van der Waals surface area contributed by atoms with Gasteiger partial charge in [-0.2, -0.15) is 0 Å². The Bertz CT molecular complexity index is 2510. The summed E-state index contributed by atoms with van der Waals surface area (Å²) in [5.41, 5.74) is 8.69. The number of nitrogens with one attached hydrogen (secondary N) is 1. The molecular formula is C40H27N3O. The fraction of sp³-hybridized carbons (Fsp3) is 0.0500. The highest BCUT2D eigenvalue weighted by Gasteiger charge is 2.20. The average molecular weight is 566 g/mol. The van der Waals surface area contributed by atoms with Crippen molar-refractivity contribution in [1.82, 2.24) is 4.57 Å². The lowest BCUT2D eigenvalue weighted by Gasteiger charge is -2.14. The number of rotatable bonds is 3. The Morgan fingerprint density at radius 3 is 2.48 bits per heavy atom. The first-order valence-electron chi connectivity index (χ1n) is 15.0. The number of furan rings is 1. The monoisotopic (exact) mass is 565 g/mol. The van der Waals surface area contributed by atoms with Crippen molar-refractivity contribution < 1.29 is 4.42 Å². The highest BCUT2D eigenvalue weighted by Crippen LogP contribution is 2.41. The molecule has 2 aromatic heterocycles. The van der Waals surface area contributed by atoms with Gasteiger partial charge in [0, 0.05) is 26.9 Å². The van der Waals surface area contributed by atoms with Crippen LogP contribution >= 0.6 is 0 Å². The lowest BCUT2D eigenvalue weighted by atomic mass is 9.95. The van der Waals surface area contributed by atoms with Gasteiger partial charge in [0.1, 0.15) is 17.0 Å². The first-order chi connectivity index (χ1) is 21.7. The van der Waals surface area contributed by atoms with Gasteiger partial charge in [0.05, 0.1) is 22.5 Å². The molecule has 2 heterocycles. The van der Waals surface area contributed by atoms with Crippen LogP contribution in [0.4, 0.5) is 0 Å². The number of aliphatic imine (C=N–C) groups is 1. The van der Waals surface area contributed by atoms with Crippen molar-refractivity contribution in [3.8, 4) is 0 Å². The fourth-order valence-electron chi connectivity index (χ4n) is 6.86. The Labute approximate surface area is 253 Å². The Morgan fingerprint density at radius 1 is 0.750 bits per heavy atom. The summed E-state index contributed by atoms with van der Waals surface area (Å²) < 4.78 is 8.55. The van der Waals surface area contributed by atoms with E-state index in [0.717, 1.165) is 78.7 Å². The van der Waals surface area contributed by atoms with E-state index < -0.39 is 0 Å². The van der Waals surface area contributed by atoms with E-state index >= 15 is 0 Å². The van der Waals surface area contributed by atoms with E-state index in [4.69, 9.17) is 14.8 Å². The molecule has 44 heavy (non-hydrogen) atoms. The number of nitrogens with zero attached hydrogens (tertiary/aromatic N) is 2. The van der Waals surface area contributed by atoms with Gasteiger partial charge in [-0.25, -0.2) is 4.99 Å². The molecule has 5 aromatic carbocycles. The number of benzene rings is 5. The lowest BCUT2D eigenvalue weighted by molar-refractivity contribution is 0.669. The maximum absolute atomic E-state index is 8.65. The number of hydrogen-bond acceptors (Lipinski definition) is 3. The number of hydrogen-bond donors (Lipinski definition) is 1. The van der Waals surface area contributed by atoms with Crippen molar-refractivity contribution in [1.29, 1.82) is 5.41 Å². The molecule has 0 bridgehead atoms. The largest absolute Gasteiger partial charge is 0.456 e. The summed E-state index contributed by atoms with van der Waals surface area (Å²) in [6.07, 6.45) is 16.3. The summed E-state index contributed by atoms with van der Waals surface area (Å²) in [4.78, 5) is 5.22. The van der Waals surface area contributed by atoms with E-state index in [2.05, 4.69) is 102 Å². The van der Waals surface area contributed by atoms with Crippen LogP contribution in [0.3, 0.4) is 0 Å². The molecule has 7 aromatic rings. The van der Waals surface area contributed by atoms with Crippen LogP contribution in [0.1, 0.15) is 23.1 Å². The molecule has 0 radical (unpaired) electrons. The molecule has 9 rings (SSSR count). The maximum atomic E-state index is 8.65. The number of allylic oxidation sites excluding steroid dienone is 5. The second-order valence-corrected chi connectivity index (χ2v) is 11.5. The van der Waals surface area contributed by atoms with Gasteiger partial charge >= 0.3 is 0 Å². The molecule has 0 saturated heterocycles. The molecule has 0 spiro atoms. The SMILES string of the molecule is N=C1C=CC=CC1=N/C(=C/c1ccc2c(c1)CCC=C2)n1c2ccccc2c2ccc3c(ccc4oc5ccccc5c43)c21. The van der Waals surface area contributed by atoms with E-state index in [9.17, 15) is 0 Å². The van der Waals surface area contributed by atoms with E-state index in [1.807, 2.05) is 30.4 Å². The van der Waals surface area contributed by atoms with Crippen LogP contribution < -0.4 is 0 Å². The molecule has 0 fully saturated rings.